The molecule has 0 bridgehead atoms. The molecule has 6 nitrogen and oxygen atoms in total. The molecule has 0 radical (unpaired) electrons. The first kappa shape index (κ1) is 21.1. The van der Waals surface area contributed by atoms with E-state index in [-0.39, 0.29) is 23.4 Å². The highest BCUT2D eigenvalue weighted by Gasteiger charge is 2.32. The number of amides is 1. The summed E-state index contributed by atoms with van der Waals surface area (Å²) in [7, 11) is 3.42. The van der Waals surface area contributed by atoms with Crippen LogP contribution in [-0.2, 0) is 4.79 Å². The first-order chi connectivity index (χ1) is 15.1. The number of aromatic nitrogens is 2. The van der Waals surface area contributed by atoms with Crippen molar-refractivity contribution in [2.75, 3.05) is 14.2 Å². The van der Waals surface area contributed by atoms with Gasteiger partial charge in [0.2, 0.25) is 5.91 Å². The molecule has 162 valence electrons. The molecule has 1 fully saturated rings. The summed E-state index contributed by atoms with van der Waals surface area (Å²) in [4.78, 5) is 33.6. The quantitative estimate of drug-likeness (QED) is 0.590. The normalized spacial score (nSPS) is 15.2. The van der Waals surface area contributed by atoms with Gasteiger partial charge in [-0.1, -0.05) is 44.0 Å². The molecule has 1 aliphatic rings. The highest BCUT2D eigenvalue weighted by Crippen LogP contribution is 2.32. The van der Waals surface area contributed by atoms with Crippen molar-refractivity contribution in [3.8, 4) is 11.4 Å². The number of hydrogen-bond acceptors (Lipinski definition) is 4. The van der Waals surface area contributed by atoms with Gasteiger partial charge in [0.25, 0.3) is 5.56 Å². The van der Waals surface area contributed by atoms with Crippen LogP contribution < -0.4 is 10.3 Å². The Labute approximate surface area is 182 Å². The largest absolute Gasteiger partial charge is 0.495 e. The maximum absolute atomic E-state index is 13.7. The van der Waals surface area contributed by atoms with Gasteiger partial charge in [-0.05, 0) is 43.5 Å². The van der Waals surface area contributed by atoms with E-state index < -0.39 is 0 Å². The molecule has 1 saturated carbocycles. The van der Waals surface area contributed by atoms with Gasteiger partial charge >= 0.3 is 0 Å². The molecule has 1 aliphatic carbocycles. The van der Waals surface area contributed by atoms with E-state index in [2.05, 4.69) is 0 Å². The van der Waals surface area contributed by atoms with Gasteiger partial charge in [-0.25, -0.2) is 4.98 Å². The number of rotatable bonds is 6. The molecule has 1 amide bonds. The topological polar surface area (TPSA) is 64.4 Å². The molecule has 0 N–H and O–H groups in total. The predicted octanol–water partition coefficient (Wildman–Crippen LogP) is 4.49. The van der Waals surface area contributed by atoms with Gasteiger partial charge in [0, 0.05) is 13.0 Å². The van der Waals surface area contributed by atoms with Gasteiger partial charge in [-0.2, -0.15) is 0 Å². The van der Waals surface area contributed by atoms with E-state index in [0.29, 0.717) is 34.6 Å². The average molecular weight is 420 g/mol. The first-order valence-corrected chi connectivity index (χ1v) is 11.0. The third-order valence-electron chi connectivity index (χ3n) is 6.33. The number of fused-ring (bicyclic) bond motifs is 1. The molecular formula is C25H29N3O3. The summed E-state index contributed by atoms with van der Waals surface area (Å²) in [5.41, 5.74) is 1.10. The third kappa shape index (κ3) is 3.82. The third-order valence-corrected chi connectivity index (χ3v) is 6.33. The number of ether oxygens (including phenoxy) is 1. The minimum atomic E-state index is -0.324. The average Bonchev–Trinajstić information content (AvgIpc) is 3.34. The molecule has 4 rings (SSSR count). The number of benzene rings is 2. The van der Waals surface area contributed by atoms with Crippen molar-refractivity contribution in [2.24, 2.45) is 5.92 Å². The van der Waals surface area contributed by atoms with Gasteiger partial charge in [0.1, 0.15) is 11.6 Å². The molecule has 0 saturated heterocycles. The minimum absolute atomic E-state index is 0.0611. The fourth-order valence-corrected chi connectivity index (χ4v) is 4.66. The molecule has 1 unspecified atom stereocenters. The highest BCUT2D eigenvalue weighted by atomic mass is 16.5. The van der Waals surface area contributed by atoms with E-state index in [9.17, 15) is 9.59 Å². The lowest BCUT2D eigenvalue weighted by Gasteiger charge is -2.31. The summed E-state index contributed by atoms with van der Waals surface area (Å²) in [6.07, 6.45) is 4.71. The van der Waals surface area contributed by atoms with Crippen molar-refractivity contribution in [3.05, 3.63) is 64.7 Å². The second-order valence-electron chi connectivity index (χ2n) is 8.15. The van der Waals surface area contributed by atoms with Gasteiger partial charge < -0.3 is 9.64 Å². The van der Waals surface area contributed by atoms with Gasteiger partial charge in [0.05, 0.1) is 29.7 Å². The van der Waals surface area contributed by atoms with Crippen molar-refractivity contribution >= 4 is 16.8 Å². The Kier molecular flexibility index (Phi) is 6.07. The molecule has 3 aromatic rings. The van der Waals surface area contributed by atoms with Crippen molar-refractivity contribution in [3.63, 3.8) is 0 Å². The van der Waals surface area contributed by atoms with Crippen LogP contribution in [0.5, 0.6) is 5.75 Å². The van der Waals surface area contributed by atoms with Crippen LogP contribution in [0.15, 0.2) is 53.3 Å². The van der Waals surface area contributed by atoms with Gasteiger partial charge in [-0.3, -0.25) is 14.2 Å². The van der Waals surface area contributed by atoms with Crippen molar-refractivity contribution < 1.29 is 9.53 Å². The maximum atomic E-state index is 13.7. The second-order valence-corrected chi connectivity index (χ2v) is 8.15. The van der Waals surface area contributed by atoms with Crippen LogP contribution in [0.2, 0.25) is 0 Å². The molecule has 6 heteroatoms. The Bertz CT molecular complexity index is 1150. The van der Waals surface area contributed by atoms with Crippen LogP contribution in [0, 0.1) is 5.92 Å². The van der Waals surface area contributed by atoms with Gasteiger partial charge in [0.15, 0.2) is 0 Å². The summed E-state index contributed by atoms with van der Waals surface area (Å²) in [6, 6.07) is 14.4. The summed E-state index contributed by atoms with van der Waals surface area (Å²) in [5.74, 6) is 1.34. The number of hydrogen-bond donors (Lipinski definition) is 0. The minimum Gasteiger partial charge on any atom is -0.495 e. The second kappa shape index (κ2) is 8.92. The Morgan fingerprint density at radius 2 is 1.84 bits per heavy atom. The van der Waals surface area contributed by atoms with Crippen molar-refractivity contribution in [2.45, 2.75) is 45.1 Å². The fraction of sp³-hybridized carbons (Fsp3) is 0.400. The van der Waals surface area contributed by atoms with E-state index in [1.807, 2.05) is 56.4 Å². The molecule has 0 spiro atoms. The van der Waals surface area contributed by atoms with Gasteiger partial charge in [-0.15, -0.1) is 0 Å². The number of carbonyl (C=O) groups is 1. The smallest absolute Gasteiger partial charge is 0.266 e. The summed E-state index contributed by atoms with van der Waals surface area (Å²) in [5, 5.41) is 0.539. The van der Waals surface area contributed by atoms with Crippen LogP contribution in [0.3, 0.4) is 0 Å². The molecule has 2 aromatic carbocycles. The number of nitrogens with zero attached hydrogens (tertiary/aromatic N) is 3. The zero-order chi connectivity index (χ0) is 22.0. The molecule has 1 atom stereocenters. The van der Waals surface area contributed by atoms with E-state index in [1.54, 1.807) is 22.6 Å². The lowest BCUT2D eigenvalue weighted by molar-refractivity contribution is -0.136. The number of methoxy groups -OCH3 is 1. The molecule has 0 aliphatic heterocycles. The highest BCUT2D eigenvalue weighted by molar-refractivity contribution is 5.80. The Morgan fingerprint density at radius 3 is 2.55 bits per heavy atom. The van der Waals surface area contributed by atoms with Crippen LogP contribution in [0.1, 0.15) is 50.9 Å². The SMILES string of the molecule is CCC(c1nc2ccccc2c(=O)n1-c1ccccc1OC)N(C)C(=O)C1CCCC1. The number of para-hydroxylation sites is 3. The van der Waals surface area contributed by atoms with E-state index in [0.717, 1.165) is 25.7 Å². The first-order valence-electron chi connectivity index (χ1n) is 11.0. The lowest BCUT2D eigenvalue weighted by Crippen LogP contribution is -2.38. The van der Waals surface area contributed by atoms with Crippen LogP contribution in [0.4, 0.5) is 0 Å². The van der Waals surface area contributed by atoms with Crippen LogP contribution in [0.25, 0.3) is 16.6 Å². The summed E-state index contributed by atoms with van der Waals surface area (Å²) in [6.45, 7) is 2.02. The standard InChI is InChI=1S/C25H29N3O3/c1-4-20(27(2)24(29)17-11-5-6-12-17)23-26-19-14-8-7-13-18(19)25(30)28(23)21-15-9-10-16-22(21)31-3/h7-10,13-17,20H,4-6,11-12H2,1-3H3. The molecular weight excluding hydrogens is 390 g/mol. The van der Waals surface area contributed by atoms with E-state index in [1.165, 1.54) is 0 Å². The zero-order valence-corrected chi connectivity index (χ0v) is 18.4. The van der Waals surface area contributed by atoms with E-state index in [4.69, 9.17) is 9.72 Å². The monoisotopic (exact) mass is 419 g/mol. The zero-order valence-electron chi connectivity index (χ0n) is 18.4. The van der Waals surface area contributed by atoms with Crippen LogP contribution in [-0.4, -0.2) is 34.5 Å². The maximum Gasteiger partial charge on any atom is 0.266 e. The molecule has 1 heterocycles. The Balaban J connectivity index is 1.93. The summed E-state index contributed by atoms with van der Waals surface area (Å²) < 4.78 is 7.18. The molecule has 31 heavy (non-hydrogen) atoms. The number of carbonyl (C=O) groups excluding carboxylic acids is 1. The van der Waals surface area contributed by atoms with Crippen molar-refractivity contribution in [1.82, 2.24) is 14.5 Å². The summed E-state index contributed by atoms with van der Waals surface area (Å²) >= 11 is 0. The molecule has 1 aromatic heterocycles. The Morgan fingerprint density at radius 1 is 1.16 bits per heavy atom. The fourth-order valence-electron chi connectivity index (χ4n) is 4.66. The van der Waals surface area contributed by atoms with E-state index >= 15 is 0 Å². The lowest BCUT2D eigenvalue weighted by atomic mass is 10.0. The Hall–Kier alpha value is -3.15. The predicted molar refractivity (Wildman–Crippen MR) is 122 cm³/mol. The van der Waals surface area contributed by atoms with Crippen LogP contribution >= 0.6 is 0 Å². The van der Waals surface area contributed by atoms with Crippen molar-refractivity contribution in [1.29, 1.82) is 0 Å².